The lowest BCUT2D eigenvalue weighted by molar-refractivity contribution is -0.144. The van der Waals surface area contributed by atoms with Gasteiger partial charge in [0.2, 0.25) is 17.7 Å². The molecule has 0 aliphatic carbocycles. The van der Waals surface area contributed by atoms with Crippen molar-refractivity contribution in [1.29, 1.82) is 0 Å². The molecule has 0 bridgehead atoms. The van der Waals surface area contributed by atoms with Gasteiger partial charge < -0.3 is 14.7 Å². The van der Waals surface area contributed by atoms with Crippen molar-refractivity contribution in [1.82, 2.24) is 14.7 Å². The molecule has 2 unspecified atom stereocenters. The van der Waals surface area contributed by atoms with Gasteiger partial charge in [-0.3, -0.25) is 14.4 Å². The van der Waals surface area contributed by atoms with Crippen LogP contribution in [0, 0.1) is 11.8 Å². The number of carbonyl (C=O) groups is 3. The SMILES string of the molecule is CCC(CC)C(=O)N1CCN(C(=O)C2CC(=O)N(C(C)c3ccccc3)C2)CC1. The number of nitrogens with zero attached hydrogens (tertiary/aromatic N) is 3. The third-order valence-electron chi connectivity index (χ3n) is 6.50. The molecule has 0 saturated carbocycles. The van der Waals surface area contributed by atoms with Gasteiger partial charge in [-0.05, 0) is 25.3 Å². The van der Waals surface area contributed by atoms with Gasteiger partial charge >= 0.3 is 0 Å². The zero-order valence-corrected chi connectivity index (χ0v) is 17.8. The first kappa shape index (κ1) is 21.3. The highest BCUT2D eigenvalue weighted by Crippen LogP contribution is 2.29. The number of carbonyl (C=O) groups excluding carboxylic acids is 3. The smallest absolute Gasteiger partial charge is 0.228 e. The van der Waals surface area contributed by atoms with Crippen molar-refractivity contribution in [3.05, 3.63) is 35.9 Å². The van der Waals surface area contributed by atoms with Crippen LogP contribution in [-0.4, -0.2) is 65.1 Å². The first-order valence-electron chi connectivity index (χ1n) is 10.9. The highest BCUT2D eigenvalue weighted by Gasteiger charge is 2.39. The van der Waals surface area contributed by atoms with Crippen LogP contribution in [0.1, 0.15) is 51.6 Å². The van der Waals surface area contributed by atoms with Crippen LogP contribution in [0.5, 0.6) is 0 Å². The summed E-state index contributed by atoms with van der Waals surface area (Å²) in [5.74, 6) is 0.103. The van der Waals surface area contributed by atoms with E-state index >= 15 is 0 Å². The molecule has 158 valence electrons. The van der Waals surface area contributed by atoms with Crippen molar-refractivity contribution in [3.8, 4) is 0 Å². The summed E-state index contributed by atoms with van der Waals surface area (Å²) in [5, 5.41) is 0. The fourth-order valence-corrected chi connectivity index (χ4v) is 4.48. The quantitative estimate of drug-likeness (QED) is 0.739. The minimum atomic E-state index is -0.282. The number of amides is 3. The Morgan fingerprint density at radius 1 is 1.00 bits per heavy atom. The Morgan fingerprint density at radius 3 is 2.17 bits per heavy atom. The Balaban J connectivity index is 1.55. The van der Waals surface area contributed by atoms with E-state index in [2.05, 4.69) is 0 Å². The van der Waals surface area contributed by atoms with E-state index in [0.717, 1.165) is 18.4 Å². The van der Waals surface area contributed by atoms with Crippen LogP contribution in [0.15, 0.2) is 30.3 Å². The molecule has 2 heterocycles. The van der Waals surface area contributed by atoms with Gasteiger partial charge in [-0.15, -0.1) is 0 Å². The van der Waals surface area contributed by atoms with E-state index in [9.17, 15) is 14.4 Å². The topological polar surface area (TPSA) is 60.9 Å². The molecule has 0 spiro atoms. The van der Waals surface area contributed by atoms with Crippen molar-refractivity contribution >= 4 is 17.7 Å². The van der Waals surface area contributed by atoms with Crippen LogP contribution in [-0.2, 0) is 14.4 Å². The molecule has 0 aromatic heterocycles. The van der Waals surface area contributed by atoms with Crippen molar-refractivity contribution < 1.29 is 14.4 Å². The molecule has 29 heavy (non-hydrogen) atoms. The number of rotatable bonds is 6. The summed E-state index contributed by atoms with van der Waals surface area (Å²) in [7, 11) is 0. The summed E-state index contributed by atoms with van der Waals surface area (Å²) in [6.07, 6.45) is 1.99. The van der Waals surface area contributed by atoms with Crippen LogP contribution in [0.2, 0.25) is 0 Å². The Hall–Kier alpha value is -2.37. The summed E-state index contributed by atoms with van der Waals surface area (Å²) in [6.45, 7) is 8.88. The van der Waals surface area contributed by atoms with Crippen LogP contribution in [0.25, 0.3) is 0 Å². The van der Waals surface area contributed by atoms with E-state index < -0.39 is 0 Å². The molecule has 1 aromatic rings. The molecule has 6 heteroatoms. The van der Waals surface area contributed by atoms with Gasteiger partial charge in [0.25, 0.3) is 0 Å². The maximum absolute atomic E-state index is 13.0. The van der Waals surface area contributed by atoms with E-state index in [1.54, 1.807) is 0 Å². The van der Waals surface area contributed by atoms with Gasteiger partial charge in [-0.25, -0.2) is 0 Å². The molecule has 0 N–H and O–H groups in total. The van der Waals surface area contributed by atoms with E-state index in [1.165, 1.54) is 0 Å². The molecule has 2 saturated heterocycles. The van der Waals surface area contributed by atoms with Crippen molar-refractivity contribution in [3.63, 3.8) is 0 Å². The molecule has 6 nitrogen and oxygen atoms in total. The number of hydrogen-bond donors (Lipinski definition) is 0. The minimum Gasteiger partial charge on any atom is -0.339 e. The largest absolute Gasteiger partial charge is 0.339 e. The Kier molecular flexibility index (Phi) is 6.93. The van der Waals surface area contributed by atoms with Crippen molar-refractivity contribution in [2.24, 2.45) is 11.8 Å². The van der Waals surface area contributed by atoms with E-state index in [1.807, 2.05) is 65.8 Å². The third-order valence-corrected chi connectivity index (χ3v) is 6.50. The maximum atomic E-state index is 13.0. The molecule has 2 aliphatic rings. The van der Waals surface area contributed by atoms with Crippen LogP contribution in [0.4, 0.5) is 0 Å². The Morgan fingerprint density at radius 2 is 1.59 bits per heavy atom. The Labute approximate surface area is 173 Å². The van der Waals surface area contributed by atoms with E-state index in [-0.39, 0.29) is 42.0 Å². The second kappa shape index (κ2) is 9.42. The average molecular weight is 400 g/mol. The Bertz CT molecular complexity index is 724. The molecule has 2 atom stereocenters. The summed E-state index contributed by atoms with van der Waals surface area (Å²) < 4.78 is 0. The van der Waals surface area contributed by atoms with Crippen LogP contribution < -0.4 is 0 Å². The number of benzene rings is 1. The predicted octanol–water partition coefficient (Wildman–Crippen LogP) is 2.70. The van der Waals surface area contributed by atoms with Crippen LogP contribution >= 0.6 is 0 Å². The normalized spacial score (nSPS) is 21.0. The molecule has 2 aliphatic heterocycles. The number of hydrogen-bond acceptors (Lipinski definition) is 3. The van der Waals surface area contributed by atoms with E-state index in [4.69, 9.17) is 0 Å². The number of likely N-dealkylation sites (tertiary alicyclic amines) is 1. The second-order valence-corrected chi connectivity index (χ2v) is 8.20. The van der Waals surface area contributed by atoms with Gasteiger partial charge in [-0.1, -0.05) is 44.2 Å². The molecule has 1 aromatic carbocycles. The van der Waals surface area contributed by atoms with Gasteiger partial charge in [0.05, 0.1) is 12.0 Å². The predicted molar refractivity (Wildman–Crippen MR) is 112 cm³/mol. The van der Waals surface area contributed by atoms with Crippen molar-refractivity contribution in [2.45, 2.75) is 46.1 Å². The minimum absolute atomic E-state index is 0.0315. The monoisotopic (exact) mass is 399 g/mol. The zero-order chi connectivity index (χ0) is 21.0. The zero-order valence-electron chi connectivity index (χ0n) is 17.8. The lowest BCUT2D eigenvalue weighted by Gasteiger charge is -2.37. The van der Waals surface area contributed by atoms with Gasteiger partial charge in [0.15, 0.2) is 0 Å². The van der Waals surface area contributed by atoms with Crippen molar-refractivity contribution in [2.75, 3.05) is 32.7 Å². The fraction of sp³-hybridized carbons (Fsp3) is 0.609. The summed E-state index contributed by atoms with van der Waals surface area (Å²) >= 11 is 0. The van der Waals surface area contributed by atoms with Crippen LogP contribution in [0.3, 0.4) is 0 Å². The summed E-state index contributed by atoms with van der Waals surface area (Å²) in [6, 6.07) is 9.90. The van der Waals surface area contributed by atoms with Gasteiger partial charge in [-0.2, -0.15) is 0 Å². The first-order chi connectivity index (χ1) is 14.0. The second-order valence-electron chi connectivity index (χ2n) is 8.20. The molecular weight excluding hydrogens is 366 g/mol. The molecule has 0 radical (unpaired) electrons. The molecule has 3 amide bonds. The highest BCUT2D eigenvalue weighted by atomic mass is 16.2. The lowest BCUT2D eigenvalue weighted by Crippen LogP contribution is -2.53. The summed E-state index contributed by atoms with van der Waals surface area (Å²) in [4.78, 5) is 43.7. The lowest BCUT2D eigenvalue weighted by atomic mass is 10.0. The fourth-order valence-electron chi connectivity index (χ4n) is 4.48. The third kappa shape index (κ3) is 4.62. The average Bonchev–Trinajstić information content (AvgIpc) is 3.15. The standard InChI is InChI=1S/C23H33N3O3/c1-4-18(5-2)22(28)24-11-13-25(14-12-24)23(29)20-15-21(27)26(16-20)17(3)19-9-7-6-8-10-19/h6-10,17-18,20H,4-5,11-16H2,1-3H3. The summed E-state index contributed by atoms with van der Waals surface area (Å²) in [5.41, 5.74) is 1.09. The molecular formula is C23H33N3O3. The molecule has 3 rings (SSSR count). The van der Waals surface area contributed by atoms with E-state index in [0.29, 0.717) is 32.7 Å². The number of piperazine rings is 1. The maximum Gasteiger partial charge on any atom is 0.228 e. The molecule has 2 fully saturated rings. The van der Waals surface area contributed by atoms with Gasteiger partial charge in [0.1, 0.15) is 0 Å². The van der Waals surface area contributed by atoms with Gasteiger partial charge in [0, 0.05) is 45.1 Å². The first-order valence-corrected chi connectivity index (χ1v) is 10.9. The highest BCUT2D eigenvalue weighted by molar-refractivity contribution is 5.89.